The number of ether oxygens (including phenoxy) is 2. The second-order valence-electron chi connectivity index (χ2n) is 16.5. The number of nitrogens with zero attached hydrogens (tertiary/aromatic N) is 2. The van der Waals surface area contributed by atoms with E-state index in [1.54, 1.807) is 27.7 Å². The van der Waals surface area contributed by atoms with Gasteiger partial charge in [-0.05, 0) is 105 Å². The number of alkyl carbamates (subject to hydrolysis) is 1. The maximum atomic E-state index is 12.7. The van der Waals surface area contributed by atoms with E-state index < -0.39 is 39.0 Å². The van der Waals surface area contributed by atoms with Crippen LogP contribution in [0.2, 0.25) is 0 Å². The number of benzene rings is 2. The van der Waals surface area contributed by atoms with Crippen molar-refractivity contribution in [1.82, 2.24) is 5.32 Å². The third-order valence-corrected chi connectivity index (χ3v) is 9.39. The molecule has 1 N–H and O–H groups in total. The summed E-state index contributed by atoms with van der Waals surface area (Å²) in [4.78, 5) is 58.2. The summed E-state index contributed by atoms with van der Waals surface area (Å²) < 4.78 is 10.8. The zero-order valence-corrected chi connectivity index (χ0v) is 32.1. The van der Waals surface area contributed by atoms with Gasteiger partial charge < -0.3 is 14.8 Å². The Morgan fingerprint density at radius 3 is 1.59 bits per heavy atom. The topological polar surface area (TPSA) is 123 Å². The third kappa shape index (κ3) is 11.5. The van der Waals surface area contributed by atoms with Gasteiger partial charge in [0.1, 0.15) is 24.8 Å². The van der Waals surface area contributed by atoms with E-state index in [0.717, 1.165) is 22.3 Å². The number of Topliss-reactive ketones (excluding diaryl/α,β-unsaturated/α-hetero) is 2. The molecule has 0 aliphatic rings. The quantitative estimate of drug-likeness (QED) is 0.149. The molecular weight excluding hydrogens is 618 g/mol. The normalized spacial score (nSPS) is 12.8. The molecule has 1 amide bonds. The first-order chi connectivity index (χ1) is 22.2. The second-order valence-corrected chi connectivity index (χ2v) is 16.5. The van der Waals surface area contributed by atoms with Crippen LogP contribution in [0.4, 0.5) is 4.79 Å². The standard InChI is InChI=1S/C40H57N3O6/c1-27(44)36(5,6)24-48-33(46)23-35(3,4)31-16-15-17-32(22-31)39(11,12)42-26-41-38(9,10)29-18-20-30(21-19-29)40(13,14)43-34(47)49-25-37(7,8)28(2)45/h15-22H,23-25H2,1-14H3,(H,43,47). The Morgan fingerprint density at radius 1 is 0.633 bits per heavy atom. The van der Waals surface area contributed by atoms with Gasteiger partial charge in [0.25, 0.3) is 0 Å². The number of ketones is 2. The van der Waals surface area contributed by atoms with E-state index >= 15 is 0 Å². The number of hydrogen-bond acceptors (Lipinski definition) is 8. The molecule has 0 fully saturated rings. The highest BCUT2D eigenvalue weighted by Crippen LogP contribution is 2.33. The van der Waals surface area contributed by atoms with Crippen molar-refractivity contribution >= 4 is 29.6 Å². The lowest BCUT2D eigenvalue weighted by atomic mass is 9.79. The van der Waals surface area contributed by atoms with Crippen molar-refractivity contribution in [2.24, 2.45) is 20.8 Å². The van der Waals surface area contributed by atoms with E-state index in [0.29, 0.717) is 0 Å². The predicted molar refractivity (Wildman–Crippen MR) is 194 cm³/mol. The van der Waals surface area contributed by atoms with E-state index in [-0.39, 0.29) is 37.2 Å². The number of carbonyl (C=O) groups is 4. The van der Waals surface area contributed by atoms with Crippen LogP contribution < -0.4 is 5.32 Å². The molecule has 9 nitrogen and oxygen atoms in total. The first kappa shape index (κ1) is 41.1. The molecule has 0 heterocycles. The van der Waals surface area contributed by atoms with E-state index in [2.05, 4.69) is 22.4 Å². The van der Waals surface area contributed by atoms with Gasteiger partial charge in [-0.25, -0.2) is 14.8 Å². The zero-order valence-electron chi connectivity index (χ0n) is 32.1. The number of nitrogens with one attached hydrogen (secondary N) is 1. The summed E-state index contributed by atoms with van der Waals surface area (Å²) in [6, 6.07) is 18.8. The summed E-state index contributed by atoms with van der Waals surface area (Å²) in [5.41, 5.74) is -0.223. The number of carbonyl (C=O) groups excluding carboxylic acids is 4. The summed E-state index contributed by atoms with van der Waals surface area (Å²) in [6.45, 7) is 25.8. The van der Waals surface area contributed by atoms with Crippen LogP contribution in [0.15, 0.2) is 58.5 Å². The molecule has 0 unspecified atom stereocenters. The van der Waals surface area contributed by atoms with E-state index in [1.807, 2.05) is 97.9 Å². The predicted octanol–water partition coefficient (Wildman–Crippen LogP) is 8.43. The molecule has 0 saturated heterocycles. The molecule has 0 aliphatic heterocycles. The lowest BCUT2D eigenvalue weighted by molar-refractivity contribution is -0.149. The molecule has 49 heavy (non-hydrogen) atoms. The lowest BCUT2D eigenvalue weighted by Crippen LogP contribution is -2.42. The second kappa shape index (κ2) is 15.2. The van der Waals surface area contributed by atoms with Crippen LogP contribution >= 0.6 is 0 Å². The Labute approximate surface area is 293 Å². The highest BCUT2D eigenvalue weighted by Gasteiger charge is 2.31. The Morgan fingerprint density at radius 2 is 1.08 bits per heavy atom. The summed E-state index contributed by atoms with van der Waals surface area (Å²) in [7, 11) is 0. The number of hydrogen-bond donors (Lipinski definition) is 1. The van der Waals surface area contributed by atoms with Crippen molar-refractivity contribution in [3.8, 4) is 0 Å². The molecule has 0 atom stereocenters. The van der Waals surface area contributed by atoms with E-state index in [9.17, 15) is 19.2 Å². The van der Waals surface area contributed by atoms with Crippen molar-refractivity contribution in [2.45, 2.75) is 125 Å². The molecule has 0 saturated carbocycles. The molecule has 2 aromatic carbocycles. The molecule has 2 aromatic rings. The number of rotatable bonds is 15. The molecule has 0 aromatic heterocycles. The van der Waals surface area contributed by atoms with Gasteiger partial charge in [-0.2, -0.15) is 0 Å². The van der Waals surface area contributed by atoms with Crippen molar-refractivity contribution in [3.05, 3.63) is 70.8 Å². The Hall–Kier alpha value is -4.10. The van der Waals surface area contributed by atoms with Gasteiger partial charge in [-0.15, -0.1) is 0 Å². The molecule has 268 valence electrons. The van der Waals surface area contributed by atoms with Gasteiger partial charge in [0.2, 0.25) is 0 Å². The highest BCUT2D eigenvalue weighted by atomic mass is 16.5. The fraction of sp³-hybridized carbons (Fsp3) is 0.575. The van der Waals surface area contributed by atoms with Crippen LogP contribution in [0.25, 0.3) is 0 Å². The molecular formula is C40H57N3O6. The summed E-state index contributed by atoms with van der Waals surface area (Å²) in [5, 5.41) is 2.89. The van der Waals surface area contributed by atoms with E-state index in [4.69, 9.17) is 14.5 Å². The van der Waals surface area contributed by atoms with Gasteiger partial charge in [0.15, 0.2) is 0 Å². The number of amides is 1. The summed E-state index contributed by atoms with van der Waals surface area (Å²) >= 11 is 0. The monoisotopic (exact) mass is 675 g/mol. The van der Waals surface area contributed by atoms with Gasteiger partial charge in [0, 0.05) is 5.41 Å². The molecule has 0 radical (unpaired) electrons. The fourth-order valence-corrected chi connectivity index (χ4v) is 4.61. The minimum atomic E-state index is -0.747. The molecule has 2 rings (SSSR count). The minimum Gasteiger partial charge on any atom is -0.465 e. The van der Waals surface area contributed by atoms with Gasteiger partial charge in [0.05, 0.1) is 39.9 Å². The average molecular weight is 676 g/mol. The van der Waals surface area contributed by atoms with Crippen LogP contribution in [0.1, 0.15) is 126 Å². The summed E-state index contributed by atoms with van der Waals surface area (Å²) in [5.74, 6) is -0.426. The Balaban J connectivity index is 2.16. The largest absolute Gasteiger partial charge is 0.465 e. The Bertz CT molecular complexity index is 1590. The average Bonchev–Trinajstić information content (AvgIpc) is 2.98. The van der Waals surface area contributed by atoms with Gasteiger partial charge in [-0.3, -0.25) is 14.4 Å². The Kier molecular flexibility index (Phi) is 12.7. The lowest BCUT2D eigenvalue weighted by Gasteiger charge is -2.29. The fourth-order valence-electron chi connectivity index (χ4n) is 4.61. The summed E-state index contributed by atoms with van der Waals surface area (Å²) in [6.07, 6.45) is -0.423. The highest BCUT2D eigenvalue weighted by molar-refractivity contribution is 5.82. The van der Waals surface area contributed by atoms with Crippen molar-refractivity contribution < 1.29 is 28.7 Å². The smallest absolute Gasteiger partial charge is 0.407 e. The van der Waals surface area contributed by atoms with Gasteiger partial charge in [-0.1, -0.05) is 62.4 Å². The van der Waals surface area contributed by atoms with Crippen molar-refractivity contribution in [2.75, 3.05) is 13.2 Å². The van der Waals surface area contributed by atoms with Gasteiger partial charge >= 0.3 is 12.1 Å². The molecule has 9 heteroatoms. The minimum absolute atomic E-state index is 0.00362. The first-order valence-electron chi connectivity index (χ1n) is 16.8. The third-order valence-electron chi connectivity index (χ3n) is 9.39. The van der Waals surface area contributed by atoms with E-state index in [1.165, 1.54) is 13.8 Å². The zero-order chi connectivity index (χ0) is 37.6. The van der Waals surface area contributed by atoms with Crippen LogP contribution in [0.3, 0.4) is 0 Å². The van der Waals surface area contributed by atoms with Crippen molar-refractivity contribution in [1.29, 1.82) is 0 Å². The van der Waals surface area contributed by atoms with Crippen LogP contribution in [-0.2, 0) is 45.9 Å². The van der Waals surface area contributed by atoms with Crippen LogP contribution in [0, 0.1) is 10.8 Å². The van der Waals surface area contributed by atoms with Crippen molar-refractivity contribution in [3.63, 3.8) is 0 Å². The number of aliphatic imine (C=N–C) groups is 2. The SMILES string of the molecule is CC(=O)C(C)(C)COC(=O)CC(C)(C)c1cccc(C(C)(C)N=C=NC(C)(C)c2ccc(C(C)(C)NC(=O)OCC(C)(C)C(C)=O)cc2)c1. The van der Waals surface area contributed by atoms with Crippen LogP contribution in [-0.4, -0.2) is 42.9 Å². The first-order valence-corrected chi connectivity index (χ1v) is 16.8. The molecule has 0 spiro atoms. The number of esters is 1. The maximum absolute atomic E-state index is 12.7. The molecule has 0 bridgehead atoms. The molecule has 0 aliphatic carbocycles. The van der Waals surface area contributed by atoms with Crippen LogP contribution in [0.5, 0.6) is 0 Å². The maximum Gasteiger partial charge on any atom is 0.407 e.